The number of hydrogen-bond acceptors (Lipinski definition) is 3. The van der Waals surface area contributed by atoms with E-state index < -0.39 is 0 Å². The number of nitrogens with zero attached hydrogens (tertiary/aromatic N) is 5. The molecule has 5 rings (SSSR count). The van der Waals surface area contributed by atoms with E-state index >= 15 is 0 Å². The summed E-state index contributed by atoms with van der Waals surface area (Å²) >= 11 is 0. The van der Waals surface area contributed by atoms with E-state index in [-0.39, 0.29) is 0 Å². The van der Waals surface area contributed by atoms with Gasteiger partial charge in [-0.05, 0) is 85.6 Å². The molecule has 1 fully saturated rings. The van der Waals surface area contributed by atoms with Gasteiger partial charge in [0.1, 0.15) is 5.65 Å². The first-order chi connectivity index (χ1) is 15.9. The van der Waals surface area contributed by atoms with E-state index in [1.165, 1.54) is 29.5 Å². The lowest BCUT2D eigenvalue weighted by atomic mass is 10.00. The van der Waals surface area contributed by atoms with Crippen molar-refractivity contribution in [3.05, 3.63) is 53.7 Å². The smallest absolute Gasteiger partial charge is 0.157 e. The molecule has 5 heteroatoms. The van der Waals surface area contributed by atoms with Crippen LogP contribution in [0, 0.1) is 5.92 Å². The molecule has 1 aliphatic carbocycles. The van der Waals surface area contributed by atoms with E-state index in [0.717, 1.165) is 70.4 Å². The van der Waals surface area contributed by atoms with Crippen LogP contribution in [0.2, 0.25) is 0 Å². The van der Waals surface area contributed by atoms with Crippen molar-refractivity contribution in [3.63, 3.8) is 0 Å². The molecule has 0 radical (unpaired) electrons. The van der Waals surface area contributed by atoms with E-state index in [2.05, 4.69) is 71.9 Å². The van der Waals surface area contributed by atoms with Crippen LogP contribution >= 0.6 is 0 Å². The van der Waals surface area contributed by atoms with Gasteiger partial charge < -0.3 is 9.13 Å². The average Bonchev–Trinajstić information content (AvgIpc) is 3.51. The predicted octanol–water partition coefficient (Wildman–Crippen LogP) is 6.42. The largest absolute Gasteiger partial charge is 0.326 e. The summed E-state index contributed by atoms with van der Waals surface area (Å²) in [7, 11) is 3.96. The van der Waals surface area contributed by atoms with Gasteiger partial charge in [-0.1, -0.05) is 20.4 Å². The molecule has 0 saturated heterocycles. The van der Waals surface area contributed by atoms with Crippen molar-refractivity contribution < 1.29 is 0 Å². The number of aryl methyl sites for hydroxylation is 2. The van der Waals surface area contributed by atoms with Crippen LogP contribution in [0.1, 0.15) is 56.9 Å². The molecule has 0 amide bonds. The number of benzene rings is 1. The van der Waals surface area contributed by atoms with Crippen LogP contribution in [0.4, 0.5) is 0 Å². The van der Waals surface area contributed by atoms with Gasteiger partial charge >= 0.3 is 0 Å². The fraction of sp³-hybridized carbons (Fsp3) is 0.393. The molecule has 0 atom stereocenters. The highest BCUT2D eigenvalue weighted by Gasteiger charge is 2.26. The zero-order valence-corrected chi connectivity index (χ0v) is 20.4. The summed E-state index contributed by atoms with van der Waals surface area (Å²) in [6.45, 7) is 11.6. The van der Waals surface area contributed by atoms with Crippen LogP contribution in [0.15, 0.2) is 41.9 Å². The Kier molecular flexibility index (Phi) is 5.43. The second-order valence-corrected chi connectivity index (χ2v) is 9.31. The van der Waals surface area contributed by atoms with E-state index in [4.69, 9.17) is 9.97 Å². The van der Waals surface area contributed by atoms with Gasteiger partial charge in [0.25, 0.3) is 0 Å². The Morgan fingerprint density at radius 3 is 2.61 bits per heavy atom. The Balaban J connectivity index is 1.75. The summed E-state index contributed by atoms with van der Waals surface area (Å²) in [5.74, 6) is 1.73. The number of imidazole rings is 1. The second kappa shape index (κ2) is 8.29. The first kappa shape index (κ1) is 21.6. The quantitative estimate of drug-likeness (QED) is 0.312. The topological polar surface area (TPSA) is 48.0 Å². The third-order valence-corrected chi connectivity index (χ3v) is 7.08. The summed E-state index contributed by atoms with van der Waals surface area (Å²) < 4.78 is 4.65. The Labute approximate surface area is 195 Å². The van der Waals surface area contributed by atoms with Crippen LogP contribution in [-0.2, 0) is 20.0 Å². The monoisotopic (exact) mass is 439 g/mol. The van der Waals surface area contributed by atoms with Crippen LogP contribution < -0.4 is 0 Å². The van der Waals surface area contributed by atoms with Gasteiger partial charge in [0.2, 0.25) is 0 Å². The number of allylic oxidation sites excluding steroid dienone is 1. The van der Waals surface area contributed by atoms with Gasteiger partial charge in [-0.15, -0.1) is 0 Å². The second-order valence-electron chi connectivity index (χ2n) is 9.31. The molecule has 4 aromatic rings. The minimum Gasteiger partial charge on any atom is -0.326 e. The van der Waals surface area contributed by atoms with Crippen molar-refractivity contribution in [2.75, 3.05) is 7.05 Å². The van der Waals surface area contributed by atoms with E-state index in [9.17, 15) is 0 Å². The van der Waals surface area contributed by atoms with Gasteiger partial charge in [0, 0.05) is 26.0 Å². The molecule has 0 aliphatic heterocycles. The van der Waals surface area contributed by atoms with E-state index in [1.54, 1.807) is 0 Å². The normalized spacial score (nSPS) is 14.5. The molecule has 0 spiro atoms. The maximum absolute atomic E-state index is 5.18. The van der Waals surface area contributed by atoms with E-state index in [0.29, 0.717) is 0 Å². The molecule has 1 saturated carbocycles. The molecule has 170 valence electrons. The van der Waals surface area contributed by atoms with Crippen molar-refractivity contribution >= 4 is 33.4 Å². The fourth-order valence-corrected chi connectivity index (χ4v) is 4.72. The van der Waals surface area contributed by atoms with Gasteiger partial charge in [-0.3, -0.25) is 4.99 Å². The van der Waals surface area contributed by atoms with Crippen molar-refractivity contribution in [2.45, 2.75) is 53.0 Å². The molecule has 3 heterocycles. The van der Waals surface area contributed by atoms with Gasteiger partial charge in [0.15, 0.2) is 5.82 Å². The minimum absolute atomic E-state index is 0.728. The zero-order valence-electron chi connectivity index (χ0n) is 20.4. The van der Waals surface area contributed by atoms with Crippen molar-refractivity contribution in [1.82, 2.24) is 19.1 Å². The first-order valence-corrected chi connectivity index (χ1v) is 12.1. The maximum atomic E-state index is 5.18. The van der Waals surface area contributed by atoms with Crippen LogP contribution in [-0.4, -0.2) is 31.9 Å². The van der Waals surface area contributed by atoms with Gasteiger partial charge in [0.05, 0.1) is 28.1 Å². The lowest BCUT2D eigenvalue weighted by Gasteiger charge is -2.11. The molecular weight excluding hydrogens is 406 g/mol. The summed E-state index contributed by atoms with van der Waals surface area (Å²) in [4.78, 5) is 14.5. The predicted molar refractivity (Wildman–Crippen MR) is 139 cm³/mol. The number of hydrogen-bond donors (Lipinski definition) is 0. The highest BCUT2D eigenvalue weighted by atomic mass is 15.1. The highest BCUT2D eigenvalue weighted by molar-refractivity contribution is 5.99. The molecule has 3 aromatic heterocycles. The SMILES string of the molecule is C=C(CC)c1cc(CC)c2c(c1)nc(-c1cc3ccc(/C(C)=N/C)nc3n1CC1CC1)n2C. The lowest BCUT2D eigenvalue weighted by Crippen LogP contribution is -2.07. The molecule has 1 aliphatic rings. The highest BCUT2D eigenvalue weighted by Crippen LogP contribution is 2.37. The fourth-order valence-electron chi connectivity index (χ4n) is 4.72. The summed E-state index contributed by atoms with van der Waals surface area (Å²) in [6.07, 6.45) is 4.49. The third kappa shape index (κ3) is 3.69. The van der Waals surface area contributed by atoms with Crippen LogP contribution in [0.25, 0.3) is 39.2 Å². The molecule has 33 heavy (non-hydrogen) atoms. The number of aromatic nitrogens is 4. The summed E-state index contributed by atoms with van der Waals surface area (Å²) in [6, 6.07) is 11.0. The number of aliphatic imine (C=N–C) groups is 1. The Morgan fingerprint density at radius 1 is 1.15 bits per heavy atom. The van der Waals surface area contributed by atoms with Gasteiger partial charge in [-0.25, -0.2) is 9.97 Å². The number of pyridine rings is 1. The zero-order chi connectivity index (χ0) is 23.3. The molecular formula is C28H33N5. The standard InChI is InChI=1S/C28H33N5/c1-7-17(3)22-13-20(8-2)26-24(14-22)31-28(32(26)6)25-15-21-11-12-23(18(4)29-5)30-27(21)33(25)16-19-9-10-19/h11-15,19H,3,7-10,16H2,1-2,4-6H3/b29-18+. The molecule has 5 nitrogen and oxygen atoms in total. The van der Waals surface area contributed by atoms with Crippen molar-refractivity contribution in [3.8, 4) is 11.5 Å². The van der Waals surface area contributed by atoms with E-state index in [1.807, 2.05) is 14.0 Å². The van der Waals surface area contributed by atoms with Gasteiger partial charge in [-0.2, -0.15) is 0 Å². The van der Waals surface area contributed by atoms with Crippen molar-refractivity contribution in [2.24, 2.45) is 18.0 Å². The summed E-state index contributed by atoms with van der Waals surface area (Å²) in [5.41, 5.74) is 10.00. The Morgan fingerprint density at radius 2 is 1.94 bits per heavy atom. The average molecular weight is 440 g/mol. The first-order valence-electron chi connectivity index (χ1n) is 12.1. The Bertz CT molecular complexity index is 1410. The maximum Gasteiger partial charge on any atom is 0.157 e. The minimum atomic E-state index is 0.728. The van der Waals surface area contributed by atoms with Crippen molar-refractivity contribution in [1.29, 1.82) is 0 Å². The molecule has 0 unspecified atom stereocenters. The number of rotatable bonds is 7. The number of fused-ring (bicyclic) bond motifs is 2. The third-order valence-electron chi connectivity index (χ3n) is 7.08. The van der Waals surface area contributed by atoms with Crippen LogP contribution in [0.3, 0.4) is 0 Å². The Hall–Kier alpha value is -3.21. The molecule has 0 N–H and O–H groups in total. The molecule has 0 bridgehead atoms. The lowest BCUT2D eigenvalue weighted by molar-refractivity contribution is 0.644. The molecule has 1 aromatic carbocycles. The van der Waals surface area contributed by atoms with Crippen LogP contribution in [0.5, 0.6) is 0 Å². The summed E-state index contributed by atoms with van der Waals surface area (Å²) in [5, 5.41) is 1.15.